The van der Waals surface area contributed by atoms with E-state index >= 15 is 0 Å². The molecule has 1 saturated heterocycles. The van der Waals surface area contributed by atoms with E-state index in [4.69, 9.17) is 5.73 Å². The van der Waals surface area contributed by atoms with Crippen LogP contribution in [0.2, 0.25) is 0 Å². The van der Waals surface area contributed by atoms with Crippen molar-refractivity contribution in [3.05, 3.63) is 22.5 Å². The summed E-state index contributed by atoms with van der Waals surface area (Å²) in [6.07, 6.45) is 3.63. The predicted molar refractivity (Wildman–Crippen MR) is 94.6 cm³/mol. The number of rotatable bonds is 4. The summed E-state index contributed by atoms with van der Waals surface area (Å²) in [5.41, 5.74) is 6.20. The fourth-order valence-electron chi connectivity index (χ4n) is 3.07. The van der Waals surface area contributed by atoms with Gasteiger partial charge < -0.3 is 11.1 Å². The van der Waals surface area contributed by atoms with Crippen molar-refractivity contribution in [2.24, 2.45) is 5.73 Å². The van der Waals surface area contributed by atoms with Crippen molar-refractivity contribution in [2.45, 2.75) is 18.9 Å². The standard InChI is InChI=1S/C15H17N5O2S2/c16-12(21)8-19-3-1-9(2-4-19)17-13(22)11-7-10-14(24-11)18-15-20(10)5-6-23-15/h5-7,9H,1-4,8H2,(H2,16,21)(H,17,22). The summed E-state index contributed by atoms with van der Waals surface area (Å²) in [6, 6.07) is 2.05. The summed E-state index contributed by atoms with van der Waals surface area (Å²) < 4.78 is 2.01. The largest absolute Gasteiger partial charge is 0.369 e. The van der Waals surface area contributed by atoms with Crippen LogP contribution in [0, 0.1) is 0 Å². The van der Waals surface area contributed by atoms with Crippen LogP contribution in [-0.2, 0) is 4.79 Å². The van der Waals surface area contributed by atoms with Gasteiger partial charge in [-0.2, -0.15) is 0 Å². The summed E-state index contributed by atoms with van der Waals surface area (Å²) >= 11 is 3.01. The van der Waals surface area contributed by atoms with Crippen molar-refractivity contribution in [2.75, 3.05) is 19.6 Å². The SMILES string of the molecule is NC(=O)CN1CCC(NC(=O)c2cc3c(nc4sccn43)s2)CC1. The molecule has 2 amide bonds. The van der Waals surface area contributed by atoms with E-state index in [2.05, 4.69) is 10.3 Å². The first-order chi connectivity index (χ1) is 11.6. The summed E-state index contributed by atoms with van der Waals surface area (Å²) in [4.78, 5) is 32.5. The van der Waals surface area contributed by atoms with Gasteiger partial charge >= 0.3 is 0 Å². The number of thiophene rings is 1. The van der Waals surface area contributed by atoms with Crippen molar-refractivity contribution in [3.8, 4) is 0 Å². The number of hydrogen-bond acceptors (Lipinski definition) is 6. The Balaban J connectivity index is 1.41. The van der Waals surface area contributed by atoms with Crippen molar-refractivity contribution >= 4 is 49.8 Å². The molecule has 0 spiro atoms. The number of carbonyl (C=O) groups is 2. The quantitative estimate of drug-likeness (QED) is 0.730. The van der Waals surface area contributed by atoms with Gasteiger partial charge in [0.05, 0.1) is 16.9 Å². The van der Waals surface area contributed by atoms with Crippen LogP contribution in [0.1, 0.15) is 22.5 Å². The number of nitrogens with one attached hydrogen (secondary N) is 1. The first-order valence-corrected chi connectivity index (χ1v) is 9.46. The lowest BCUT2D eigenvalue weighted by Crippen LogP contribution is -2.46. The highest BCUT2D eigenvalue weighted by Gasteiger charge is 2.23. The zero-order valence-corrected chi connectivity index (χ0v) is 14.5. The van der Waals surface area contributed by atoms with E-state index in [1.54, 1.807) is 11.3 Å². The Labute approximate surface area is 146 Å². The number of imidazole rings is 1. The molecule has 24 heavy (non-hydrogen) atoms. The van der Waals surface area contributed by atoms with Crippen LogP contribution < -0.4 is 11.1 Å². The molecule has 0 unspecified atom stereocenters. The van der Waals surface area contributed by atoms with E-state index in [0.29, 0.717) is 11.4 Å². The molecule has 0 radical (unpaired) electrons. The first kappa shape index (κ1) is 15.6. The third-order valence-electron chi connectivity index (χ3n) is 4.27. The highest BCUT2D eigenvalue weighted by molar-refractivity contribution is 7.21. The predicted octanol–water partition coefficient (Wildman–Crippen LogP) is 1.29. The summed E-state index contributed by atoms with van der Waals surface area (Å²) in [7, 11) is 0. The van der Waals surface area contributed by atoms with E-state index in [-0.39, 0.29) is 17.9 Å². The minimum atomic E-state index is -0.306. The van der Waals surface area contributed by atoms with Crippen LogP contribution in [-0.4, -0.2) is 51.8 Å². The fourth-order valence-corrected chi connectivity index (χ4v) is 4.78. The van der Waals surface area contributed by atoms with Gasteiger partial charge in [-0.05, 0) is 18.9 Å². The maximum absolute atomic E-state index is 12.5. The number of thiazole rings is 1. The zero-order valence-electron chi connectivity index (χ0n) is 12.9. The summed E-state index contributed by atoms with van der Waals surface area (Å²) in [5.74, 6) is -0.352. The molecule has 126 valence electrons. The van der Waals surface area contributed by atoms with Gasteiger partial charge in [-0.15, -0.1) is 22.7 Å². The third kappa shape index (κ3) is 2.90. The Bertz CT molecular complexity index is 904. The normalized spacial score (nSPS) is 16.8. The van der Waals surface area contributed by atoms with E-state index in [9.17, 15) is 9.59 Å². The van der Waals surface area contributed by atoms with Crippen LogP contribution in [0.5, 0.6) is 0 Å². The summed E-state index contributed by atoms with van der Waals surface area (Å²) in [6.45, 7) is 1.84. The maximum Gasteiger partial charge on any atom is 0.261 e. The van der Waals surface area contributed by atoms with Crippen molar-refractivity contribution in [3.63, 3.8) is 0 Å². The average Bonchev–Trinajstić information content (AvgIpc) is 3.20. The second-order valence-electron chi connectivity index (χ2n) is 5.96. The van der Waals surface area contributed by atoms with Gasteiger partial charge in [0.1, 0.15) is 4.83 Å². The van der Waals surface area contributed by atoms with E-state index < -0.39 is 0 Å². The molecule has 0 aromatic carbocycles. The lowest BCUT2D eigenvalue weighted by Gasteiger charge is -2.31. The molecule has 3 aromatic rings. The van der Waals surface area contributed by atoms with Crippen molar-refractivity contribution in [1.29, 1.82) is 0 Å². The van der Waals surface area contributed by atoms with Gasteiger partial charge in [0.15, 0.2) is 4.96 Å². The lowest BCUT2D eigenvalue weighted by atomic mass is 10.0. The molecule has 0 atom stereocenters. The molecule has 3 aromatic heterocycles. The minimum Gasteiger partial charge on any atom is -0.369 e. The number of fused-ring (bicyclic) bond motifs is 3. The Hall–Kier alpha value is -1.97. The zero-order chi connectivity index (χ0) is 16.7. The van der Waals surface area contributed by atoms with Gasteiger partial charge in [-0.25, -0.2) is 4.98 Å². The van der Waals surface area contributed by atoms with Crippen LogP contribution in [0.15, 0.2) is 17.6 Å². The topological polar surface area (TPSA) is 92.7 Å². The van der Waals surface area contributed by atoms with E-state index in [1.807, 2.05) is 26.9 Å². The molecule has 1 aliphatic rings. The molecule has 3 N–H and O–H groups in total. The number of primary amides is 1. The monoisotopic (exact) mass is 363 g/mol. The van der Waals surface area contributed by atoms with Crippen LogP contribution >= 0.6 is 22.7 Å². The first-order valence-electron chi connectivity index (χ1n) is 7.77. The van der Waals surface area contributed by atoms with Gasteiger partial charge in [-0.3, -0.25) is 18.9 Å². The van der Waals surface area contributed by atoms with Gasteiger partial charge in [0.25, 0.3) is 5.91 Å². The number of nitrogens with two attached hydrogens (primary N) is 1. The smallest absolute Gasteiger partial charge is 0.261 e. The molecule has 0 bridgehead atoms. The molecular formula is C15H17N5O2S2. The van der Waals surface area contributed by atoms with Crippen LogP contribution in [0.3, 0.4) is 0 Å². The second kappa shape index (κ2) is 6.15. The molecule has 0 saturated carbocycles. The fraction of sp³-hybridized carbons (Fsp3) is 0.400. The number of aromatic nitrogens is 2. The minimum absolute atomic E-state index is 0.0460. The van der Waals surface area contributed by atoms with Crippen LogP contribution in [0.25, 0.3) is 15.3 Å². The van der Waals surface area contributed by atoms with Crippen molar-refractivity contribution in [1.82, 2.24) is 19.6 Å². The number of hydrogen-bond donors (Lipinski definition) is 2. The van der Waals surface area contributed by atoms with Crippen molar-refractivity contribution < 1.29 is 9.59 Å². The molecular weight excluding hydrogens is 346 g/mol. The molecule has 1 aliphatic heterocycles. The Morgan fingerprint density at radius 1 is 1.38 bits per heavy atom. The van der Waals surface area contributed by atoms with E-state index in [0.717, 1.165) is 41.2 Å². The second-order valence-corrected chi connectivity index (χ2v) is 7.86. The Morgan fingerprint density at radius 3 is 2.92 bits per heavy atom. The molecule has 9 heteroatoms. The number of piperidine rings is 1. The molecule has 4 heterocycles. The highest BCUT2D eigenvalue weighted by Crippen LogP contribution is 2.28. The average molecular weight is 363 g/mol. The molecule has 0 aliphatic carbocycles. The number of nitrogens with zero attached hydrogens (tertiary/aromatic N) is 3. The molecule has 7 nitrogen and oxygen atoms in total. The van der Waals surface area contributed by atoms with Crippen LogP contribution in [0.4, 0.5) is 0 Å². The number of carbonyl (C=O) groups excluding carboxylic acids is 2. The maximum atomic E-state index is 12.5. The van der Waals surface area contributed by atoms with Gasteiger partial charge in [0.2, 0.25) is 5.91 Å². The third-order valence-corrected chi connectivity index (χ3v) is 6.04. The van der Waals surface area contributed by atoms with Gasteiger partial charge in [-0.1, -0.05) is 0 Å². The van der Waals surface area contributed by atoms with Gasteiger partial charge in [0, 0.05) is 30.7 Å². The number of amides is 2. The number of likely N-dealkylation sites (tertiary alicyclic amines) is 1. The Kier molecular flexibility index (Phi) is 3.99. The highest BCUT2D eigenvalue weighted by atomic mass is 32.1. The Morgan fingerprint density at radius 2 is 2.17 bits per heavy atom. The molecule has 1 fully saturated rings. The molecule has 4 rings (SSSR count). The summed E-state index contributed by atoms with van der Waals surface area (Å²) in [5, 5.41) is 5.08. The van der Waals surface area contributed by atoms with E-state index in [1.165, 1.54) is 11.3 Å². The lowest BCUT2D eigenvalue weighted by molar-refractivity contribution is -0.119.